The van der Waals surface area contributed by atoms with Crippen molar-refractivity contribution in [3.05, 3.63) is 53.6 Å². The number of aliphatic hydroxyl groups excluding tert-OH is 1. The lowest BCUT2D eigenvalue weighted by molar-refractivity contribution is -0.492. The number of carbonyl (C=O) groups is 5. The number of Topliss-reactive ketones (excluding diaryl/α,β-unsaturated/α-hetero) is 1. The molecule has 15 nitrogen and oxygen atoms in total. The Bertz CT molecular complexity index is 1680. The molecule has 1 amide bonds. The van der Waals surface area contributed by atoms with E-state index in [0.29, 0.717) is 43.2 Å². The van der Waals surface area contributed by atoms with Crippen LogP contribution in [0.3, 0.4) is 0 Å². The van der Waals surface area contributed by atoms with Crippen LogP contribution in [0.1, 0.15) is 71.8 Å². The van der Waals surface area contributed by atoms with Gasteiger partial charge in [-0.1, -0.05) is 37.6 Å². The maximum atomic E-state index is 17.4. The monoisotopic (exact) mass is 760 g/mol. The Hall–Kier alpha value is -4.06. The van der Waals surface area contributed by atoms with Crippen LogP contribution >= 0.6 is 0 Å². The third kappa shape index (κ3) is 7.59. The number of rotatable bonds is 14. The predicted octanol–water partition coefficient (Wildman–Crippen LogP) is 3.50. The molecule has 5 rings (SSSR count). The van der Waals surface area contributed by atoms with Crippen LogP contribution in [0.15, 0.2) is 48.1 Å². The summed E-state index contributed by atoms with van der Waals surface area (Å²) in [5.74, 6) is -3.94. The summed E-state index contributed by atoms with van der Waals surface area (Å²) in [6.07, 6.45) is 3.19. The first kappa shape index (κ1) is 41.1. The smallest absolute Gasteiger partial charge is 0.464 e. The Labute approximate surface area is 311 Å². The minimum atomic E-state index is -2.13. The Morgan fingerprint density at radius 2 is 1.74 bits per heavy atom. The Kier molecular flexibility index (Phi) is 12.2. The van der Waals surface area contributed by atoms with E-state index in [9.17, 15) is 34.2 Å². The largest absolute Gasteiger partial charge is 0.514 e. The van der Waals surface area contributed by atoms with Crippen molar-refractivity contribution in [1.82, 2.24) is 10.7 Å². The second-order valence-electron chi connectivity index (χ2n) is 15.3. The van der Waals surface area contributed by atoms with Crippen LogP contribution in [0.5, 0.6) is 5.75 Å². The van der Waals surface area contributed by atoms with Crippen LogP contribution in [0.25, 0.3) is 0 Å². The van der Waals surface area contributed by atoms with Gasteiger partial charge in [-0.2, -0.15) is 0 Å². The van der Waals surface area contributed by atoms with E-state index >= 15 is 4.39 Å². The van der Waals surface area contributed by atoms with Crippen molar-refractivity contribution in [3.63, 3.8) is 0 Å². The maximum absolute atomic E-state index is 17.4. The number of benzene rings is 1. The molecule has 0 bridgehead atoms. The predicted molar refractivity (Wildman–Crippen MR) is 184 cm³/mol. The fraction of sp³-hybridized carbons (Fsp3) is 0.605. The number of aliphatic hydroxyl groups is 2. The number of esters is 1. The van der Waals surface area contributed by atoms with E-state index in [1.807, 2.05) is 0 Å². The van der Waals surface area contributed by atoms with E-state index in [2.05, 4.69) is 10.2 Å². The van der Waals surface area contributed by atoms with Gasteiger partial charge in [-0.3, -0.25) is 29.6 Å². The topological polar surface area (TPSA) is 218 Å². The summed E-state index contributed by atoms with van der Waals surface area (Å²) in [6, 6.07) is 4.93. The average Bonchev–Trinajstić information content (AvgIpc) is 3.31. The summed E-state index contributed by atoms with van der Waals surface area (Å²) in [4.78, 5) is 67.4. The van der Waals surface area contributed by atoms with Gasteiger partial charge in [-0.05, 0) is 87.1 Å². The second-order valence-corrected chi connectivity index (χ2v) is 15.3. The molecule has 1 aromatic rings. The lowest BCUT2D eigenvalue weighted by Gasteiger charge is -2.62. The minimum absolute atomic E-state index is 0.00336. The summed E-state index contributed by atoms with van der Waals surface area (Å²) in [7, 11) is 0. The second kappa shape index (κ2) is 16.0. The minimum Gasteiger partial charge on any atom is -0.464 e. The van der Waals surface area contributed by atoms with Gasteiger partial charge in [0.2, 0.25) is 11.7 Å². The van der Waals surface area contributed by atoms with Crippen molar-refractivity contribution >= 4 is 29.6 Å². The highest BCUT2D eigenvalue weighted by atomic mass is 19.1. The summed E-state index contributed by atoms with van der Waals surface area (Å²) >= 11 is 0. The highest BCUT2D eigenvalue weighted by Gasteiger charge is 2.75. The van der Waals surface area contributed by atoms with Crippen molar-refractivity contribution in [3.8, 4) is 5.75 Å². The number of carbonyl (C=O) groups excluding carboxylic acids is 5. The molecular weight excluding hydrogens is 711 g/mol. The molecule has 54 heavy (non-hydrogen) atoms. The number of ether oxygens (including phenoxy) is 3. The lowest BCUT2D eigenvalue weighted by atomic mass is 9.44. The Morgan fingerprint density at radius 1 is 1.06 bits per heavy atom. The standard InChI is InChI=1S/C38H49FN2O13/c1-22-17-29-28-12-9-25-19-26(43)13-14-35(25,3)37(28,39)31(44)20-36(29,4)38(22,48)32(45)21-52-34(47)54-27-10-7-24(8-11-27)18-30(40-23(2)42)33(46)51-15-5-6-16-53-41(49)50/h7-8,10-11,13-14,19,22,28-31,44,48-50H,5-6,9,12,15-18,20-21H2,1-4H3,(H,40,42)/t22-,28+,29+,30+,31+,35+,36+,37?,38+/m1/s1. The lowest BCUT2D eigenvalue weighted by Crippen LogP contribution is -2.69. The van der Waals surface area contributed by atoms with E-state index in [4.69, 9.17) is 24.6 Å². The van der Waals surface area contributed by atoms with Gasteiger partial charge >= 0.3 is 12.1 Å². The maximum Gasteiger partial charge on any atom is 0.514 e. The third-order valence-corrected chi connectivity index (χ3v) is 12.2. The quantitative estimate of drug-likeness (QED) is 0.0794. The molecule has 0 saturated heterocycles. The van der Waals surface area contributed by atoms with E-state index < -0.39 is 87.8 Å². The van der Waals surface area contributed by atoms with Gasteiger partial charge < -0.3 is 29.7 Å². The van der Waals surface area contributed by atoms with Gasteiger partial charge in [0.15, 0.2) is 18.1 Å². The number of allylic oxidation sites excluding steroid dienone is 4. The molecule has 1 unspecified atom stereocenters. The summed E-state index contributed by atoms with van der Waals surface area (Å²) in [5, 5.41) is 42.8. The number of hydrogen-bond donors (Lipinski definition) is 5. The van der Waals surface area contributed by atoms with E-state index in [1.165, 1.54) is 31.2 Å². The van der Waals surface area contributed by atoms with Gasteiger partial charge in [-0.25, -0.2) is 14.0 Å². The molecule has 3 saturated carbocycles. The summed E-state index contributed by atoms with van der Waals surface area (Å²) < 4.78 is 33.0. The highest BCUT2D eigenvalue weighted by Crippen LogP contribution is 2.70. The molecule has 3 fully saturated rings. The van der Waals surface area contributed by atoms with Gasteiger partial charge in [0, 0.05) is 30.1 Å². The molecule has 9 atom stereocenters. The van der Waals surface area contributed by atoms with Gasteiger partial charge in [0.25, 0.3) is 0 Å². The summed E-state index contributed by atoms with van der Waals surface area (Å²) in [5.41, 5.74) is -5.41. The number of alkyl halides is 1. The normalized spacial score (nSPS) is 33.1. The number of hydrogen-bond acceptors (Lipinski definition) is 14. The molecule has 5 N–H and O–H groups in total. The Morgan fingerprint density at radius 3 is 2.41 bits per heavy atom. The number of halogens is 1. The molecule has 0 heterocycles. The molecule has 16 heteroatoms. The zero-order valence-corrected chi connectivity index (χ0v) is 30.8. The molecule has 0 radical (unpaired) electrons. The molecule has 0 aromatic heterocycles. The fourth-order valence-electron chi connectivity index (χ4n) is 9.49. The van der Waals surface area contributed by atoms with E-state index in [1.54, 1.807) is 39.0 Å². The fourth-order valence-corrected chi connectivity index (χ4v) is 9.49. The van der Waals surface area contributed by atoms with E-state index in [0.717, 1.165) is 0 Å². The van der Waals surface area contributed by atoms with Crippen LogP contribution in [0, 0.1) is 28.6 Å². The highest BCUT2D eigenvalue weighted by molar-refractivity contribution is 6.01. The molecule has 4 aliphatic carbocycles. The first-order valence-corrected chi connectivity index (χ1v) is 18.1. The number of ketones is 2. The van der Waals surface area contributed by atoms with Gasteiger partial charge in [0.05, 0.1) is 24.7 Å². The van der Waals surface area contributed by atoms with Crippen molar-refractivity contribution in [2.75, 3.05) is 19.8 Å². The summed E-state index contributed by atoms with van der Waals surface area (Å²) in [6.45, 7) is 5.48. The molecule has 4 aliphatic rings. The molecular formula is C38H49FN2O13. The van der Waals surface area contributed by atoms with Crippen LogP contribution in [-0.2, 0) is 39.9 Å². The van der Waals surface area contributed by atoms with E-state index in [-0.39, 0.29) is 37.6 Å². The number of nitrogens with zero attached hydrogens (tertiary/aromatic N) is 1. The van der Waals surface area contributed by atoms with Crippen LogP contribution in [0.4, 0.5) is 9.18 Å². The van der Waals surface area contributed by atoms with Crippen LogP contribution < -0.4 is 10.1 Å². The molecule has 296 valence electrons. The van der Waals surface area contributed by atoms with Crippen molar-refractivity contribution in [2.24, 2.45) is 28.6 Å². The zero-order chi connectivity index (χ0) is 39.6. The first-order chi connectivity index (χ1) is 25.4. The number of unbranched alkanes of at least 4 members (excludes halogenated alkanes) is 1. The average molecular weight is 761 g/mol. The number of fused-ring (bicyclic) bond motifs is 5. The van der Waals surface area contributed by atoms with Crippen molar-refractivity contribution in [1.29, 1.82) is 0 Å². The van der Waals surface area contributed by atoms with Crippen molar-refractivity contribution < 1.29 is 68.0 Å². The van der Waals surface area contributed by atoms with Crippen molar-refractivity contribution in [2.45, 2.75) is 96.1 Å². The third-order valence-electron chi connectivity index (χ3n) is 12.2. The van der Waals surface area contributed by atoms with Crippen LogP contribution in [-0.4, -0.2) is 98.9 Å². The zero-order valence-electron chi connectivity index (χ0n) is 30.8. The molecule has 1 aromatic carbocycles. The molecule has 0 aliphatic heterocycles. The van der Waals surface area contributed by atoms with Crippen LogP contribution in [0.2, 0.25) is 0 Å². The number of amides is 1. The molecule has 0 spiro atoms. The number of nitrogens with one attached hydrogen (secondary N) is 1. The SMILES string of the molecule is CC(=O)N[C@@H](Cc1ccc(OC(=O)OCC(=O)[C@@]2(O)[C@H](C)C[C@H]3[C@@H]4CCC5=CC(=O)C=C[C@]5(C)C4(F)[C@@H](O)C[C@@]32C)cc1)C(=O)OCCCCON(O)O. The Balaban J connectivity index is 1.17. The van der Waals surface area contributed by atoms with Gasteiger partial charge in [-0.15, -0.1) is 0 Å². The first-order valence-electron chi connectivity index (χ1n) is 18.1. The van der Waals surface area contributed by atoms with Gasteiger partial charge in [0.1, 0.15) is 17.4 Å².